The first-order valence-corrected chi connectivity index (χ1v) is 6.12. The third-order valence-corrected chi connectivity index (χ3v) is 3.12. The van der Waals surface area contributed by atoms with Crippen molar-refractivity contribution >= 4 is 23.2 Å². The van der Waals surface area contributed by atoms with E-state index >= 15 is 0 Å². The molecule has 0 saturated heterocycles. The van der Waals surface area contributed by atoms with Gasteiger partial charge in [0.2, 0.25) is 0 Å². The van der Waals surface area contributed by atoms with Gasteiger partial charge in [-0.15, -0.1) is 11.3 Å². The van der Waals surface area contributed by atoms with Crippen molar-refractivity contribution in [1.82, 2.24) is 5.32 Å². The van der Waals surface area contributed by atoms with Gasteiger partial charge < -0.3 is 15.2 Å². The topological polar surface area (TPSA) is 75.6 Å². The predicted octanol–water partition coefficient (Wildman–Crippen LogP) is 1.74. The molecule has 0 spiro atoms. The Labute approximate surface area is 103 Å². The van der Waals surface area contributed by atoms with Crippen molar-refractivity contribution in [2.24, 2.45) is 0 Å². The molecule has 1 rings (SSSR count). The second kappa shape index (κ2) is 6.24. The molecule has 0 fully saturated rings. The first-order chi connectivity index (χ1) is 8.08. The Bertz CT molecular complexity index is 402. The Morgan fingerprint density at radius 2 is 2.29 bits per heavy atom. The highest BCUT2D eigenvalue weighted by Gasteiger charge is 2.20. The van der Waals surface area contributed by atoms with Crippen molar-refractivity contribution in [2.75, 3.05) is 7.11 Å². The van der Waals surface area contributed by atoms with Crippen LogP contribution in [-0.4, -0.2) is 30.1 Å². The largest absolute Gasteiger partial charge is 0.496 e. The molecule has 0 aliphatic carbocycles. The third kappa shape index (κ3) is 3.74. The molecule has 1 aromatic rings. The van der Waals surface area contributed by atoms with E-state index in [9.17, 15) is 9.59 Å². The summed E-state index contributed by atoms with van der Waals surface area (Å²) in [4.78, 5) is 23.1. The fourth-order valence-electron chi connectivity index (χ4n) is 1.32. The summed E-state index contributed by atoms with van der Waals surface area (Å²) in [6, 6.07) is 0.755. The van der Waals surface area contributed by atoms with Gasteiger partial charge in [-0.25, -0.2) is 4.79 Å². The molecule has 5 nitrogen and oxygen atoms in total. The van der Waals surface area contributed by atoms with Gasteiger partial charge in [-0.2, -0.15) is 0 Å². The number of carbonyl (C=O) groups excluding carboxylic acids is 1. The van der Waals surface area contributed by atoms with Crippen LogP contribution in [0.3, 0.4) is 0 Å². The fourth-order valence-corrected chi connectivity index (χ4v) is 2.08. The maximum absolute atomic E-state index is 11.7. The Morgan fingerprint density at radius 3 is 2.76 bits per heavy atom. The fraction of sp³-hybridized carbons (Fsp3) is 0.455. The van der Waals surface area contributed by atoms with E-state index < -0.39 is 12.0 Å². The minimum absolute atomic E-state index is 0.376. The van der Waals surface area contributed by atoms with Crippen LogP contribution < -0.4 is 10.1 Å². The molecule has 0 bridgehead atoms. The molecule has 1 atom stereocenters. The number of methoxy groups -OCH3 is 1. The van der Waals surface area contributed by atoms with Gasteiger partial charge in [0.25, 0.3) is 5.91 Å². The van der Waals surface area contributed by atoms with Crippen LogP contribution >= 0.6 is 11.3 Å². The number of ether oxygens (including phenoxy) is 1. The summed E-state index contributed by atoms with van der Waals surface area (Å²) < 4.78 is 4.96. The lowest BCUT2D eigenvalue weighted by molar-refractivity contribution is -0.139. The average Bonchev–Trinajstić information content (AvgIpc) is 2.76. The summed E-state index contributed by atoms with van der Waals surface area (Å²) in [5, 5.41) is 13.1. The van der Waals surface area contributed by atoms with Crippen LogP contribution in [0.25, 0.3) is 0 Å². The molecule has 0 saturated carbocycles. The van der Waals surface area contributed by atoms with Crippen LogP contribution in [0.15, 0.2) is 11.4 Å². The first kappa shape index (κ1) is 13.5. The normalized spacial score (nSPS) is 11.9. The summed E-state index contributed by atoms with van der Waals surface area (Å²) in [5.74, 6) is -0.787. The quantitative estimate of drug-likeness (QED) is 0.814. The monoisotopic (exact) mass is 257 g/mol. The lowest BCUT2D eigenvalue weighted by Gasteiger charge is -2.12. The molecule has 17 heavy (non-hydrogen) atoms. The zero-order chi connectivity index (χ0) is 12.8. The smallest absolute Gasteiger partial charge is 0.326 e. The molecule has 6 heteroatoms. The number of thiophene rings is 1. The molecule has 0 radical (unpaired) electrons. The van der Waals surface area contributed by atoms with Gasteiger partial charge in [0.1, 0.15) is 11.8 Å². The van der Waals surface area contributed by atoms with Crippen LogP contribution in [0.1, 0.15) is 29.4 Å². The molecular weight excluding hydrogens is 242 g/mol. The number of amides is 1. The van der Waals surface area contributed by atoms with Gasteiger partial charge in [0, 0.05) is 11.4 Å². The van der Waals surface area contributed by atoms with E-state index in [1.165, 1.54) is 18.4 Å². The molecule has 0 aliphatic heterocycles. The van der Waals surface area contributed by atoms with E-state index in [2.05, 4.69) is 5.32 Å². The maximum Gasteiger partial charge on any atom is 0.326 e. The molecule has 0 aromatic carbocycles. The Morgan fingerprint density at radius 1 is 1.59 bits per heavy atom. The van der Waals surface area contributed by atoms with E-state index in [0.717, 1.165) is 0 Å². The lowest BCUT2D eigenvalue weighted by Crippen LogP contribution is -2.40. The van der Waals surface area contributed by atoms with Crippen LogP contribution in [-0.2, 0) is 4.79 Å². The number of carboxylic acids is 1. The van der Waals surface area contributed by atoms with E-state index in [-0.39, 0.29) is 5.91 Å². The van der Waals surface area contributed by atoms with Gasteiger partial charge >= 0.3 is 5.97 Å². The van der Waals surface area contributed by atoms with E-state index in [0.29, 0.717) is 23.5 Å². The molecule has 0 aliphatic rings. The highest BCUT2D eigenvalue weighted by Crippen LogP contribution is 2.21. The zero-order valence-corrected chi connectivity index (χ0v) is 10.5. The van der Waals surface area contributed by atoms with Crippen LogP contribution in [0, 0.1) is 0 Å². The molecule has 1 amide bonds. The van der Waals surface area contributed by atoms with Crippen molar-refractivity contribution in [3.05, 3.63) is 16.3 Å². The van der Waals surface area contributed by atoms with Gasteiger partial charge in [-0.1, -0.05) is 13.3 Å². The number of nitrogens with one attached hydrogen (secondary N) is 1. The number of carboxylic acid groups (broad SMARTS) is 1. The number of hydrogen-bond acceptors (Lipinski definition) is 4. The third-order valence-electron chi connectivity index (χ3n) is 2.22. The maximum atomic E-state index is 11.7. The van der Waals surface area contributed by atoms with Crippen molar-refractivity contribution in [3.63, 3.8) is 0 Å². The number of rotatable bonds is 6. The molecular formula is C11H15NO4S. The first-order valence-electron chi connectivity index (χ1n) is 5.24. The molecule has 0 unspecified atom stereocenters. The lowest BCUT2D eigenvalue weighted by atomic mass is 10.1. The summed E-state index contributed by atoms with van der Waals surface area (Å²) in [6.07, 6.45) is 1.12. The zero-order valence-electron chi connectivity index (χ0n) is 9.73. The number of aliphatic carboxylic acids is 1. The highest BCUT2D eigenvalue weighted by molar-refractivity contribution is 7.12. The summed E-state index contributed by atoms with van der Waals surface area (Å²) in [5.41, 5.74) is 0. The van der Waals surface area contributed by atoms with Gasteiger partial charge in [0.15, 0.2) is 0 Å². The van der Waals surface area contributed by atoms with Crippen LogP contribution in [0.5, 0.6) is 5.75 Å². The van der Waals surface area contributed by atoms with Gasteiger partial charge in [0.05, 0.1) is 12.0 Å². The summed E-state index contributed by atoms with van der Waals surface area (Å²) >= 11 is 1.22. The SMILES string of the molecule is CCC[C@@H](NC(=O)c1cc(OC)cs1)C(=O)O. The summed E-state index contributed by atoms with van der Waals surface area (Å²) in [7, 11) is 1.51. The van der Waals surface area contributed by atoms with Gasteiger partial charge in [-0.3, -0.25) is 4.79 Å². The van der Waals surface area contributed by atoms with Crippen molar-refractivity contribution < 1.29 is 19.4 Å². The second-order valence-corrected chi connectivity index (χ2v) is 4.41. The molecule has 2 N–H and O–H groups in total. The average molecular weight is 257 g/mol. The van der Waals surface area contributed by atoms with Crippen LogP contribution in [0.4, 0.5) is 0 Å². The Hall–Kier alpha value is -1.56. The molecule has 1 heterocycles. The highest BCUT2D eigenvalue weighted by atomic mass is 32.1. The Balaban J connectivity index is 2.66. The van der Waals surface area contributed by atoms with Crippen LogP contribution in [0.2, 0.25) is 0 Å². The van der Waals surface area contributed by atoms with Crippen molar-refractivity contribution in [1.29, 1.82) is 0 Å². The van der Waals surface area contributed by atoms with E-state index in [1.54, 1.807) is 11.4 Å². The number of hydrogen-bond donors (Lipinski definition) is 2. The van der Waals surface area contributed by atoms with E-state index in [4.69, 9.17) is 9.84 Å². The second-order valence-electron chi connectivity index (χ2n) is 3.50. The molecule has 94 valence electrons. The number of carbonyl (C=O) groups is 2. The van der Waals surface area contributed by atoms with Crippen molar-refractivity contribution in [2.45, 2.75) is 25.8 Å². The van der Waals surface area contributed by atoms with Crippen molar-refractivity contribution in [3.8, 4) is 5.75 Å². The Kier molecular flexibility index (Phi) is 4.96. The molecule has 1 aromatic heterocycles. The predicted molar refractivity (Wildman–Crippen MR) is 64.7 cm³/mol. The van der Waals surface area contributed by atoms with Gasteiger partial charge in [-0.05, 0) is 6.42 Å². The van der Waals surface area contributed by atoms with E-state index in [1.807, 2.05) is 6.92 Å². The minimum Gasteiger partial charge on any atom is -0.496 e. The summed E-state index contributed by atoms with van der Waals surface area (Å²) in [6.45, 7) is 1.87. The standard InChI is InChI=1S/C11H15NO4S/c1-3-4-8(11(14)15)12-10(13)9-5-7(16-2)6-17-9/h5-6,8H,3-4H2,1-2H3,(H,12,13)(H,14,15)/t8-/m1/s1. The minimum atomic E-state index is -1.01.